The SMILES string of the molecule is CC(C(=O)O)=C(C)C(=O)NC(C)c1cc(C)ccc1C. The summed E-state index contributed by atoms with van der Waals surface area (Å²) in [6.45, 7) is 8.83. The Morgan fingerprint density at radius 1 is 1.15 bits per heavy atom. The monoisotopic (exact) mass is 275 g/mol. The Hall–Kier alpha value is -2.10. The normalized spacial score (nSPS) is 13.4. The number of hydrogen-bond acceptors (Lipinski definition) is 2. The van der Waals surface area contributed by atoms with Crippen molar-refractivity contribution in [1.82, 2.24) is 5.32 Å². The van der Waals surface area contributed by atoms with Crippen LogP contribution >= 0.6 is 0 Å². The maximum absolute atomic E-state index is 12.0. The lowest BCUT2D eigenvalue weighted by molar-refractivity contribution is -0.133. The fourth-order valence-corrected chi connectivity index (χ4v) is 1.94. The number of hydrogen-bond donors (Lipinski definition) is 2. The van der Waals surface area contributed by atoms with Crippen molar-refractivity contribution in [3.63, 3.8) is 0 Å². The molecule has 4 heteroatoms. The molecule has 4 nitrogen and oxygen atoms in total. The lowest BCUT2D eigenvalue weighted by Crippen LogP contribution is -2.29. The van der Waals surface area contributed by atoms with Crippen LogP contribution in [0.1, 0.15) is 43.5 Å². The summed E-state index contributed by atoms with van der Waals surface area (Å²) in [4.78, 5) is 22.9. The van der Waals surface area contributed by atoms with E-state index in [1.807, 2.05) is 39.0 Å². The summed E-state index contributed by atoms with van der Waals surface area (Å²) < 4.78 is 0. The number of nitrogens with one attached hydrogen (secondary N) is 1. The summed E-state index contributed by atoms with van der Waals surface area (Å²) in [5.41, 5.74) is 3.56. The van der Waals surface area contributed by atoms with Crippen molar-refractivity contribution >= 4 is 11.9 Å². The first kappa shape index (κ1) is 16.0. The molecule has 0 spiro atoms. The number of amides is 1. The number of carboxylic acids is 1. The number of carboxylic acid groups (broad SMARTS) is 1. The van der Waals surface area contributed by atoms with Crippen LogP contribution in [0.3, 0.4) is 0 Å². The van der Waals surface area contributed by atoms with Gasteiger partial charge in [0.15, 0.2) is 0 Å². The van der Waals surface area contributed by atoms with E-state index < -0.39 is 5.97 Å². The number of rotatable bonds is 4. The molecule has 1 unspecified atom stereocenters. The third kappa shape index (κ3) is 3.70. The predicted octanol–water partition coefficient (Wildman–Crippen LogP) is 2.90. The topological polar surface area (TPSA) is 66.4 Å². The minimum Gasteiger partial charge on any atom is -0.478 e. The molecule has 1 aromatic carbocycles. The molecule has 108 valence electrons. The molecule has 0 aliphatic heterocycles. The zero-order chi connectivity index (χ0) is 15.4. The van der Waals surface area contributed by atoms with Gasteiger partial charge in [-0.05, 0) is 45.7 Å². The summed E-state index contributed by atoms with van der Waals surface area (Å²) >= 11 is 0. The number of aryl methyl sites for hydroxylation is 2. The average Bonchev–Trinajstić information content (AvgIpc) is 2.39. The molecule has 0 aliphatic carbocycles. The van der Waals surface area contributed by atoms with Gasteiger partial charge in [0.1, 0.15) is 0 Å². The standard InChI is InChI=1S/C16H21NO3/c1-9-6-7-10(2)14(8-9)13(5)17-15(18)11(3)12(4)16(19)20/h6-8,13H,1-5H3,(H,17,18)(H,19,20). The number of carbonyl (C=O) groups is 2. The average molecular weight is 275 g/mol. The van der Waals surface area contributed by atoms with Crippen LogP contribution < -0.4 is 5.32 Å². The number of aliphatic carboxylic acids is 1. The van der Waals surface area contributed by atoms with Crippen LogP contribution in [0.4, 0.5) is 0 Å². The summed E-state index contributed by atoms with van der Waals surface area (Å²) in [6, 6.07) is 5.90. The molecule has 1 atom stereocenters. The first-order chi connectivity index (χ1) is 9.23. The lowest BCUT2D eigenvalue weighted by atomic mass is 9.99. The molecule has 0 heterocycles. The van der Waals surface area contributed by atoms with Crippen molar-refractivity contribution in [1.29, 1.82) is 0 Å². The summed E-state index contributed by atoms with van der Waals surface area (Å²) in [7, 11) is 0. The quantitative estimate of drug-likeness (QED) is 0.830. The number of carbonyl (C=O) groups excluding carboxylic acids is 1. The summed E-state index contributed by atoms with van der Waals surface area (Å²) in [6.07, 6.45) is 0. The second kappa shape index (κ2) is 6.37. The Labute approximate surface area is 119 Å². The molecule has 0 radical (unpaired) electrons. The van der Waals surface area contributed by atoms with Gasteiger partial charge in [0, 0.05) is 11.1 Å². The van der Waals surface area contributed by atoms with Crippen molar-refractivity contribution in [2.24, 2.45) is 0 Å². The molecular formula is C16H21NO3. The van der Waals surface area contributed by atoms with E-state index >= 15 is 0 Å². The summed E-state index contributed by atoms with van der Waals surface area (Å²) in [5, 5.41) is 11.7. The van der Waals surface area contributed by atoms with Gasteiger partial charge in [-0.2, -0.15) is 0 Å². The predicted molar refractivity (Wildman–Crippen MR) is 78.5 cm³/mol. The van der Waals surface area contributed by atoms with Crippen molar-refractivity contribution in [2.75, 3.05) is 0 Å². The third-order valence-corrected chi connectivity index (χ3v) is 3.47. The van der Waals surface area contributed by atoms with Gasteiger partial charge >= 0.3 is 5.97 Å². The van der Waals surface area contributed by atoms with Crippen LogP contribution in [0.15, 0.2) is 29.3 Å². The molecular weight excluding hydrogens is 254 g/mol. The van der Waals surface area contributed by atoms with Gasteiger partial charge < -0.3 is 10.4 Å². The molecule has 1 amide bonds. The minimum atomic E-state index is -1.07. The van der Waals surface area contributed by atoms with E-state index in [1.54, 1.807) is 0 Å². The van der Waals surface area contributed by atoms with Gasteiger partial charge in [-0.1, -0.05) is 23.8 Å². The van der Waals surface area contributed by atoms with Crippen molar-refractivity contribution in [3.05, 3.63) is 46.0 Å². The van der Waals surface area contributed by atoms with Gasteiger partial charge in [0.2, 0.25) is 5.91 Å². The van der Waals surface area contributed by atoms with E-state index in [0.717, 1.165) is 16.7 Å². The van der Waals surface area contributed by atoms with Gasteiger partial charge in [-0.25, -0.2) is 4.79 Å². The fourth-order valence-electron chi connectivity index (χ4n) is 1.94. The zero-order valence-corrected chi connectivity index (χ0v) is 12.6. The van der Waals surface area contributed by atoms with Gasteiger partial charge in [0.05, 0.1) is 6.04 Å². The Morgan fingerprint density at radius 2 is 1.75 bits per heavy atom. The largest absolute Gasteiger partial charge is 0.478 e. The smallest absolute Gasteiger partial charge is 0.331 e. The first-order valence-corrected chi connectivity index (χ1v) is 6.52. The van der Waals surface area contributed by atoms with Gasteiger partial charge in [0.25, 0.3) is 0 Å². The van der Waals surface area contributed by atoms with Crippen LogP contribution in [0, 0.1) is 13.8 Å². The molecule has 1 rings (SSSR count). The molecule has 0 saturated heterocycles. The lowest BCUT2D eigenvalue weighted by Gasteiger charge is -2.18. The minimum absolute atomic E-state index is 0.0654. The third-order valence-electron chi connectivity index (χ3n) is 3.47. The Bertz CT molecular complexity index is 573. The second-order valence-corrected chi connectivity index (χ2v) is 5.11. The summed E-state index contributed by atoms with van der Waals surface area (Å²) in [5.74, 6) is -1.42. The Balaban J connectivity index is 2.94. The van der Waals surface area contributed by atoms with Gasteiger partial charge in [-0.3, -0.25) is 4.79 Å². The van der Waals surface area contributed by atoms with Gasteiger partial charge in [-0.15, -0.1) is 0 Å². The van der Waals surface area contributed by atoms with E-state index in [9.17, 15) is 9.59 Å². The highest BCUT2D eigenvalue weighted by Crippen LogP contribution is 2.19. The number of benzene rings is 1. The van der Waals surface area contributed by atoms with E-state index in [1.165, 1.54) is 13.8 Å². The fraction of sp³-hybridized carbons (Fsp3) is 0.375. The molecule has 0 fully saturated rings. The van der Waals surface area contributed by atoms with Crippen LogP contribution in [0.2, 0.25) is 0 Å². The molecule has 20 heavy (non-hydrogen) atoms. The van der Waals surface area contributed by atoms with Crippen molar-refractivity contribution in [2.45, 2.75) is 40.7 Å². The molecule has 0 bridgehead atoms. The second-order valence-electron chi connectivity index (χ2n) is 5.11. The Kier molecular flexibility index (Phi) is 5.08. The maximum Gasteiger partial charge on any atom is 0.331 e. The molecule has 1 aromatic rings. The molecule has 0 aliphatic rings. The van der Waals surface area contributed by atoms with E-state index in [-0.39, 0.29) is 23.1 Å². The highest BCUT2D eigenvalue weighted by atomic mass is 16.4. The van der Waals surface area contributed by atoms with E-state index in [0.29, 0.717) is 0 Å². The van der Waals surface area contributed by atoms with Crippen LogP contribution in [0.25, 0.3) is 0 Å². The van der Waals surface area contributed by atoms with Crippen molar-refractivity contribution in [3.8, 4) is 0 Å². The molecule has 0 aromatic heterocycles. The van der Waals surface area contributed by atoms with E-state index in [2.05, 4.69) is 5.32 Å². The highest BCUT2D eigenvalue weighted by Gasteiger charge is 2.16. The maximum atomic E-state index is 12.0. The first-order valence-electron chi connectivity index (χ1n) is 6.52. The van der Waals surface area contributed by atoms with Crippen LogP contribution in [0.5, 0.6) is 0 Å². The van der Waals surface area contributed by atoms with Crippen molar-refractivity contribution < 1.29 is 14.7 Å². The zero-order valence-electron chi connectivity index (χ0n) is 12.6. The highest BCUT2D eigenvalue weighted by molar-refractivity contribution is 6.01. The van der Waals surface area contributed by atoms with E-state index in [4.69, 9.17) is 5.11 Å². The molecule has 2 N–H and O–H groups in total. The Morgan fingerprint density at radius 3 is 2.30 bits per heavy atom. The van der Waals surface area contributed by atoms with Crippen LogP contribution in [-0.4, -0.2) is 17.0 Å². The molecule has 0 saturated carbocycles. The van der Waals surface area contributed by atoms with Crippen LogP contribution in [-0.2, 0) is 9.59 Å².